The number of nitrogens with two attached hydrogens (primary N) is 1. The summed E-state index contributed by atoms with van der Waals surface area (Å²) < 4.78 is 0. The van der Waals surface area contributed by atoms with Crippen LogP contribution >= 0.6 is 0 Å². The molecular weight excluding hydrogens is 266 g/mol. The van der Waals surface area contributed by atoms with Crippen molar-refractivity contribution in [2.24, 2.45) is 5.84 Å². The molecule has 1 aromatic heterocycles. The second-order valence-electron chi connectivity index (χ2n) is 5.03. The van der Waals surface area contributed by atoms with Gasteiger partial charge in [0.25, 0.3) is 0 Å². The molecule has 0 unspecified atom stereocenters. The summed E-state index contributed by atoms with van der Waals surface area (Å²) in [5.41, 5.74) is 6.21. The Labute approximate surface area is 123 Å². The third-order valence-corrected chi connectivity index (χ3v) is 3.55. The van der Waals surface area contributed by atoms with Crippen molar-refractivity contribution in [3.63, 3.8) is 0 Å². The van der Waals surface area contributed by atoms with Crippen molar-refractivity contribution in [2.45, 2.75) is 13.1 Å². The smallest absolute Gasteiger partial charge is 0.324 e. The van der Waals surface area contributed by atoms with Crippen LogP contribution in [0.4, 0.5) is 16.2 Å². The minimum absolute atomic E-state index is 0.0263. The Morgan fingerprint density at radius 2 is 2.14 bits per heavy atom. The third-order valence-electron chi connectivity index (χ3n) is 3.55. The first kappa shape index (κ1) is 13.4. The number of nitrogens with one attached hydrogen (secondary N) is 1. The van der Waals surface area contributed by atoms with Crippen molar-refractivity contribution in [3.05, 3.63) is 53.9 Å². The summed E-state index contributed by atoms with van der Waals surface area (Å²) in [6.07, 6.45) is 1.68. The maximum Gasteiger partial charge on any atom is 0.324 e. The SMILES string of the molecule is CN1Cc2ccccc2N(Cc2cc(NN)ccn2)C1=O. The number of carbonyl (C=O) groups is 1. The van der Waals surface area contributed by atoms with E-state index in [4.69, 9.17) is 5.84 Å². The number of anilines is 2. The Bertz CT molecular complexity index is 673. The average molecular weight is 283 g/mol. The lowest BCUT2D eigenvalue weighted by Gasteiger charge is -2.35. The van der Waals surface area contributed by atoms with Crippen molar-refractivity contribution in [1.29, 1.82) is 0 Å². The maximum absolute atomic E-state index is 12.4. The molecule has 21 heavy (non-hydrogen) atoms. The predicted octanol–water partition coefficient (Wildman–Crippen LogP) is 1.94. The average Bonchev–Trinajstić information content (AvgIpc) is 2.52. The minimum Gasteiger partial charge on any atom is -0.324 e. The predicted molar refractivity (Wildman–Crippen MR) is 81.5 cm³/mol. The molecule has 0 radical (unpaired) electrons. The fourth-order valence-electron chi connectivity index (χ4n) is 2.51. The van der Waals surface area contributed by atoms with Crippen LogP contribution in [-0.2, 0) is 13.1 Å². The fourth-order valence-corrected chi connectivity index (χ4v) is 2.51. The van der Waals surface area contributed by atoms with Crippen LogP contribution in [0, 0.1) is 0 Å². The Morgan fingerprint density at radius 3 is 2.95 bits per heavy atom. The van der Waals surface area contributed by atoms with Crippen molar-refractivity contribution in [3.8, 4) is 0 Å². The Morgan fingerprint density at radius 1 is 1.33 bits per heavy atom. The number of pyridine rings is 1. The van der Waals surface area contributed by atoms with E-state index in [1.54, 1.807) is 29.1 Å². The zero-order valence-electron chi connectivity index (χ0n) is 11.8. The molecule has 0 atom stereocenters. The molecule has 3 N–H and O–H groups in total. The van der Waals surface area contributed by atoms with Gasteiger partial charge < -0.3 is 10.3 Å². The lowest BCUT2D eigenvalue weighted by molar-refractivity contribution is 0.210. The van der Waals surface area contributed by atoms with Gasteiger partial charge in [0.05, 0.1) is 23.6 Å². The summed E-state index contributed by atoms with van der Waals surface area (Å²) in [7, 11) is 1.80. The fraction of sp³-hybridized carbons (Fsp3) is 0.200. The van der Waals surface area contributed by atoms with E-state index in [0.717, 1.165) is 22.6 Å². The number of carbonyl (C=O) groups excluding carboxylic acids is 1. The van der Waals surface area contributed by atoms with Crippen LogP contribution < -0.4 is 16.2 Å². The summed E-state index contributed by atoms with van der Waals surface area (Å²) in [5, 5.41) is 0. The van der Waals surface area contributed by atoms with Gasteiger partial charge in [0.1, 0.15) is 0 Å². The topological polar surface area (TPSA) is 74.5 Å². The van der Waals surface area contributed by atoms with Crippen molar-refractivity contribution >= 4 is 17.4 Å². The number of hydrazine groups is 1. The second-order valence-corrected chi connectivity index (χ2v) is 5.03. The first-order chi connectivity index (χ1) is 10.2. The van der Waals surface area contributed by atoms with Gasteiger partial charge in [-0.3, -0.25) is 15.7 Å². The Kier molecular flexibility index (Phi) is 3.45. The van der Waals surface area contributed by atoms with Crippen LogP contribution in [0.1, 0.15) is 11.3 Å². The molecule has 6 heteroatoms. The highest BCUT2D eigenvalue weighted by atomic mass is 16.2. The molecule has 0 bridgehead atoms. The van der Waals surface area contributed by atoms with Gasteiger partial charge in [-0.1, -0.05) is 18.2 Å². The van der Waals surface area contributed by atoms with E-state index in [-0.39, 0.29) is 6.03 Å². The van der Waals surface area contributed by atoms with Crippen molar-refractivity contribution < 1.29 is 4.79 Å². The lowest BCUT2D eigenvalue weighted by Crippen LogP contribution is -2.44. The van der Waals surface area contributed by atoms with Gasteiger partial charge in [0.15, 0.2) is 0 Å². The molecule has 2 aromatic rings. The van der Waals surface area contributed by atoms with E-state index < -0.39 is 0 Å². The van der Waals surface area contributed by atoms with Crippen LogP contribution in [0.3, 0.4) is 0 Å². The van der Waals surface area contributed by atoms with E-state index in [9.17, 15) is 4.79 Å². The Hall–Kier alpha value is -2.60. The highest BCUT2D eigenvalue weighted by Crippen LogP contribution is 2.29. The molecule has 108 valence electrons. The molecule has 0 saturated carbocycles. The molecule has 0 fully saturated rings. The largest absolute Gasteiger partial charge is 0.324 e. The van der Waals surface area contributed by atoms with E-state index in [2.05, 4.69) is 10.4 Å². The van der Waals surface area contributed by atoms with Gasteiger partial charge >= 0.3 is 6.03 Å². The van der Waals surface area contributed by atoms with E-state index in [1.807, 2.05) is 30.3 Å². The summed E-state index contributed by atoms with van der Waals surface area (Å²) in [6, 6.07) is 11.5. The van der Waals surface area contributed by atoms with E-state index >= 15 is 0 Å². The normalized spacial score (nSPS) is 14.1. The number of para-hydroxylation sites is 1. The number of benzene rings is 1. The maximum atomic E-state index is 12.4. The van der Waals surface area contributed by atoms with Gasteiger partial charge in [0, 0.05) is 19.8 Å². The molecule has 0 aliphatic carbocycles. The van der Waals surface area contributed by atoms with E-state index in [1.165, 1.54) is 0 Å². The molecule has 3 rings (SSSR count). The molecule has 1 aliphatic heterocycles. The van der Waals surface area contributed by atoms with Crippen LogP contribution in [0.15, 0.2) is 42.6 Å². The zero-order valence-corrected chi connectivity index (χ0v) is 11.8. The second kappa shape index (κ2) is 5.41. The van der Waals surface area contributed by atoms with Gasteiger partial charge in [-0.05, 0) is 23.8 Å². The Balaban J connectivity index is 1.94. The number of urea groups is 1. The molecule has 6 nitrogen and oxygen atoms in total. The number of aromatic nitrogens is 1. The number of amides is 2. The quantitative estimate of drug-likeness (QED) is 0.667. The molecular formula is C15H17N5O. The first-order valence-corrected chi connectivity index (χ1v) is 6.71. The lowest BCUT2D eigenvalue weighted by atomic mass is 10.1. The van der Waals surface area contributed by atoms with Crippen LogP contribution in [-0.4, -0.2) is 23.0 Å². The number of nitrogen functional groups attached to an aromatic ring is 1. The van der Waals surface area contributed by atoms with Gasteiger partial charge in [-0.15, -0.1) is 0 Å². The van der Waals surface area contributed by atoms with Gasteiger partial charge in [-0.2, -0.15) is 0 Å². The van der Waals surface area contributed by atoms with Gasteiger partial charge in [-0.25, -0.2) is 4.79 Å². The highest BCUT2D eigenvalue weighted by molar-refractivity contribution is 5.94. The number of rotatable bonds is 3. The standard InChI is InChI=1S/C15H17N5O/c1-19-9-11-4-2-3-5-14(11)20(15(19)21)10-13-8-12(18-16)6-7-17-13/h2-8H,9-10,16H2,1H3,(H,17,18). The summed E-state index contributed by atoms with van der Waals surface area (Å²) in [5.74, 6) is 5.41. The molecule has 1 aromatic carbocycles. The molecule has 2 amide bonds. The van der Waals surface area contributed by atoms with E-state index in [0.29, 0.717) is 13.1 Å². The van der Waals surface area contributed by atoms with Crippen LogP contribution in [0.25, 0.3) is 0 Å². The number of fused-ring (bicyclic) bond motifs is 1. The molecule has 1 aliphatic rings. The van der Waals surface area contributed by atoms with Crippen molar-refractivity contribution in [2.75, 3.05) is 17.4 Å². The summed E-state index contributed by atoms with van der Waals surface area (Å²) in [4.78, 5) is 20.2. The monoisotopic (exact) mass is 283 g/mol. The summed E-state index contributed by atoms with van der Waals surface area (Å²) in [6.45, 7) is 1.04. The van der Waals surface area contributed by atoms with Crippen LogP contribution in [0.5, 0.6) is 0 Å². The molecule has 2 heterocycles. The first-order valence-electron chi connectivity index (χ1n) is 6.71. The summed E-state index contributed by atoms with van der Waals surface area (Å²) >= 11 is 0. The number of hydrogen-bond acceptors (Lipinski definition) is 4. The molecule has 0 spiro atoms. The number of nitrogens with zero attached hydrogens (tertiary/aromatic N) is 3. The van der Waals surface area contributed by atoms with Crippen LogP contribution in [0.2, 0.25) is 0 Å². The van der Waals surface area contributed by atoms with Crippen molar-refractivity contribution in [1.82, 2.24) is 9.88 Å². The zero-order chi connectivity index (χ0) is 14.8. The minimum atomic E-state index is -0.0263. The number of hydrogen-bond donors (Lipinski definition) is 2. The van der Waals surface area contributed by atoms with Gasteiger partial charge in [0.2, 0.25) is 0 Å². The third kappa shape index (κ3) is 2.53. The molecule has 0 saturated heterocycles. The highest BCUT2D eigenvalue weighted by Gasteiger charge is 2.27.